The average Bonchev–Trinajstić information content (AvgIpc) is 2.74. The Kier molecular flexibility index (Phi) is 3.80. The lowest BCUT2D eigenvalue weighted by atomic mass is 10.2. The Bertz CT molecular complexity index is 822. The molecule has 0 saturated carbocycles. The van der Waals surface area contributed by atoms with Crippen LogP contribution in [-0.2, 0) is 0 Å². The molecular formula is C15H13IN2OS. The predicted octanol–water partition coefficient (Wildman–Crippen LogP) is 4.69. The summed E-state index contributed by atoms with van der Waals surface area (Å²) in [5.41, 5.74) is 3.13. The summed E-state index contributed by atoms with van der Waals surface area (Å²) < 4.78 is 9.46. The molecule has 0 spiro atoms. The van der Waals surface area contributed by atoms with Gasteiger partial charge in [0, 0.05) is 9.64 Å². The second-order valence-corrected chi connectivity index (χ2v) is 5.99. The molecule has 1 heterocycles. The molecule has 5 heteroatoms. The van der Waals surface area contributed by atoms with Gasteiger partial charge in [-0.15, -0.1) is 0 Å². The fraction of sp³-hybridized carbons (Fsp3) is 0.133. The number of benzene rings is 2. The SMILES string of the molecule is CCOc1cccc(-n2c(=S)[nH]c3cc(I)ccc32)c1. The highest BCUT2D eigenvalue weighted by Gasteiger charge is 2.07. The first-order valence-electron chi connectivity index (χ1n) is 6.32. The lowest BCUT2D eigenvalue weighted by Crippen LogP contribution is -1.96. The summed E-state index contributed by atoms with van der Waals surface area (Å²) in [4.78, 5) is 3.25. The molecule has 20 heavy (non-hydrogen) atoms. The van der Waals surface area contributed by atoms with Crippen molar-refractivity contribution in [3.63, 3.8) is 0 Å². The summed E-state index contributed by atoms with van der Waals surface area (Å²) >= 11 is 7.75. The lowest BCUT2D eigenvalue weighted by molar-refractivity contribution is 0.340. The van der Waals surface area contributed by atoms with Crippen LogP contribution in [0.4, 0.5) is 0 Å². The molecule has 0 aliphatic carbocycles. The van der Waals surface area contributed by atoms with Crippen LogP contribution in [0, 0.1) is 8.34 Å². The summed E-state index contributed by atoms with van der Waals surface area (Å²) in [6.45, 7) is 2.63. The van der Waals surface area contributed by atoms with Gasteiger partial charge >= 0.3 is 0 Å². The molecule has 1 N–H and O–H groups in total. The standard InChI is InChI=1S/C15H13IN2OS/c1-2-19-12-5-3-4-11(9-12)18-14-7-6-10(16)8-13(14)17-15(18)20/h3-9H,2H2,1H3,(H,17,20). The third-order valence-electron chi connectivity index (χ3n) is 3.03. The van der Waals surface area contributed by atoms with E-state index in [-0.39, 0.29) is 0 Å². The summed E-state index contributed by atoms with van der Waals surface area (Å²) in [5.74, 6) is 0.853. The van der Waals surface area contributed by atoms with Crippen LogP contribution < -0.4 is 4.74 Å². The quantitative estimate of drug-likeness (QED) is 0.514. The van der Waals surface area contributed by atoms with E-state index in [1.165, 1.54) is 3.57 Å². The molecule has 0 unspecified atom stereocenters. The summed E-state index contributed by atoms with van der Waals surface area (Å²) in [5, 5.41) is 0. The molecule has 2 aromatic carbocycles. The van der Waals surface area contributed by atoms with Crippen LogP contribution in [0.5, 0.6) is 5.75 Å². The number of rotatable bonds is 3. The Labute approximate surface area is 135 Å². The summed E-state index contributed by atoms with van der Waals surface area (Å²) in [6.07, 6.45) is 0. The smallest absolute Gasteiger partial charge is 0.182 e. The van der Waals surface area contributed by atoms with Crippen molar-refractivity contribution in [3.05, 3.63) is 50.8 Å². The average molecular weight is 396 g/mol. The van der Waals surface area contributed by atoms with E-state index in [1.54, 1.807) is 0 Å². The molecule has 0 aliphatic heterocycles. The van der Waals surface area contributed by atoms with Crippen molar-refractivity contribution >= 4 is 45.8 Å². The van der Waals surface area contributed by atoms with Crippen LogP contribution in [0.25, 0.3) is 16.7 Å². The van der Waals surface area contributed by atoms with Crippen molar-refractivity contribution < 1.29 is 4.74 Å². The number of nitrogens with one attached hydrogen (secondary N) is 1. The van der Waals surface area contributed by atoms with Gasteiger partial charge < -0.3 is 9.72 Å². The second kappa shape index (κ2) is 5.57. The van der Waals surface area contributed by atoms with Gasteiger partial charge in [-0.05, 0) is 72.1 Å². The molecule has 0 fully saturated rings. The summed E-state index contributed by atoms with van der Waals surface area (Å²) in [7, 11) is 0. The van der Waals surface area contributed by atoms with Gasteiger partial charge in [0.1, 0.15) is 5.75 Å². The van der Waals surface area contributed by atoms with E-state index in [4.69, 9.17) is 17.0 Å². The van der Waals surface area contributed by atoms with Crippen LogP contribution in [0.1, 0.15) is 6.92 Å². The number of imidazole rings is 1. The summed E-state index contributed by atoms with van der Waals surface area (Å²) in [6, 6.07) is 14.2. The predicted molar refractivity (Wildman–Crippen MR) is 92.3 cm³/mol. The molecule has 0 bridgehead atoms. The minimum atomic E-state index is 0.654. The fourth-order valence-corrected chi connectivity index (χ4v) is 3.02. The molecule has 3 nitrogen and oxygen atoms in total. The normalized spacial score (nSPS) is 10.9. The first kappa shape index (κ1) is 13.6. The first-order valence-corrected chi connectivity index (χ1v) is 7.81. The molecule has 0 radical (unpaired) electrons. The van der Waals surface area contributed by atoms with E-state index in [0.29, 0.717) is 11.4 Å². The van der Waals surface area contributed by atoms with Crippen molar-refractivity contribution in [1.82, 2.24) is 9.55 Å². The highest BCUT2D eigenvalue weighted by molar-refractivity contribution is 14.1. The zero-order chi connectivity index (χ0) is 14.1. The van der Waals surface area contributed by atoms with E-state index in [0.717, 1.165) is 22.5 Å². The van der Waals surface area contributed by atoms with Crippen LogP contribution in [0.15, 0.2) is 42.5 Å². The number of halogens is 1. The maximum absolute atomic E-state index is 5.56. The molecule has 0 saturated heterocycles. The second-order valence-electron chi connectivity index (χ2n) is 4.36. The van der Waals surface area contributed by atoms with E-state index in [2.05, 4.69) is 45.8 Å². The van der Waals surface area contributed by atoms with Crippen LogP contribution in [0.3, 0.4) is 0 Å². The van der Waals surface area contributed by atoms with Crippen molar-refractivity contribution in [2.24, 2.45) is 0 Å². The Balaban J connectivity index is 2.21. The Hall–Kier alpha value is -1.34. The van der Waals surface area contributed by atoms with Gasteiger partial charge in [-0.1, -0.05) is 6.07 Å². The molecule has 0 aliphatic rings. The number of nitrogens with zero attached hydrogens (tertiary/aromatic N) is 1. The van der Waals surface area contributed by atoms with E-state index < -0.39 is 0 Å². The molecule has 0 atom stereocenters. The molecular weight excluding hydrogens is 383 g/mol. The Morgan fingerprint density at radius 2 is 2.10 bits per heavy atom. The van der Waals surface area contributed by atoms with Crippen molar-refractivity contribution in [2.75, 3.05) is 6.61 Å². The van der Waals surface area contributed by atoms with Crippen molar-refractivity contribution in [3.8, 4) is 11.4 Å². The highest BCUT2D eigenvalue weighted by Crippen LogP contribution is 2.24. The lowest BCUT2D eigenvalue weighted by Gasteiger charge is -2.08. The number of ether oxygens (including phenoxy) is 1. The van der Waals surface area contributed by atoms with Crippen LogP contribution >= 0.6 is 34.8 Å². The van der Waals surface area contributed by atoms with Gasteiger partial charge in [0.25, 0.3) is 0 Å². The number of H-pyrrole nitrogens is 1. The third-order valence-corrected chi connectivity index (χ3v) is 3.99. The van der Waals surface area contributed by atoms with Crippen LogP contribution in [0.2, 0.25) is 0 Å². The maximum atomic E-state index is 5.56. The van der Waals surface area contributed by atoms with Gasteiger partial charge in [0.15, 0.2) is 4.77 Å². The minimum Gasteiger partial charge on any atom is -0.494 e. The zero-order valence-electron chi connectivity index (χ0n) is 10.9. The number of fused-ring (bicyclic) bond motifs is 1. The van der Waals surface area contributed by atoms with Crippen LogP contribution in [-0.4, -0.2) is 16.2 Å². The topological polar surface area (TPSA) is 29.9 Å². The maximum Gasteiger partial charge on any atom is 0.182 e. The number of aromatic nitrogens is 2. The molecule has 0 amide bonds. The third kappa shape index (κ3) is 2.47. The van der Waals surface area contributed by atoms with Gasteiger partial charge in [-0.25, -0.2) is 0 Å². The Morgan fingerprint density at radius 1 is 1.25 bits per heavy atom. The molecule has 1 aromatic heterocycles. The highest BCUT2D eigenvalue weighted by atomic mass is 127. The number of hydrogen-bond acceptors (Lipinski definition) is 2. The fourth-order valence-electron chi connectivity index (χ4n) is 2.22. The Morgan fingerprint density at radius 3 is 2.90 bits per heavy atom. The largest absolute Gasteiger partial charge is 0.494 e. The van der Waals surface area contributed by atoms with Crippen molar-refractivity contribution in [1.29, 1.82) is 0 Å². The van der Waals surface area contributed by atoms with E-state index in [1.807, 2.05) is 35.8 Å². The van der Waals surface area contributed by atoms with Gasteiger partial charge in [-0.2, -0.15) is 0 Å². The minimum absolute atomic E-state index is 0.654. The molecule has 102 valence electrons. The number of aromatic amines is 1. The zero-order valence-corrected chi connectivity index (χ0v) is 13.9. The number of hydrogen-bond donors (Lipinski definition) is 1. The van der Waals surface area contributed by atoms with Crippen molar-refractivity contribution in [2.45, 2.75) is 6.92 Å². The first-order chi connectivity index (χ1) is 9.69. The van der Waals surface area contributed by atoms with Gasteiger partial charge in [0.05, 0.1) is 23.3 Å². The molecule has 3 aromatic rings. The van der Waals surface area contributed by atoms with E-state index in [9.17, 15) is 0 Å². The monoisotopic (exact) mass is 396 g/mol. The van der Waals surface area contributed by atoms with Gasteiger partial charge in [0.2, 0.25) is 0 Å². The molecule has 3 rings (SSSR count). The van der Waals surface area contributed by atoms with E-state index >= 15 is 0 Å². The van der Waals surface area contributed by atoms with Gasteiger partial charge in [-0.3, -0.25) is 4.57 Å².